The first-order valence-corrected chi connectivity index (χ1v) is 6.68. The lowest BCUT2D eigenvalue weighted by Gasteiger charge is -2.20. The van der Waals surface area contributed by atoms with Crippen LogP contribution < -0.4 is 11.5 Å². The molecule has 2 unspecified atom stereocenters. The molecule has 100 valence electrons. The van der Waals surface area contributed by atoms with Gasteiger partial charge in [-0.1, -0.05) is 28.1 Å². The summed E-state index contributed by atoms with van der Waals surface area (Å²) < 4.78 is 6.71. The molecule has 1 aromatic rings. The molecule has 18 heavy (non-hydrogen) atoms. The van der Waals surface area contributed by atoms with Gasteiger partial charge in [0, 0.05) is 16.9 Å². The first-order chi connectivity index (χ1) is 8.49. The Hall–Kier alpha value is -0.910. The van der Waals surface area contributed by atoms with Crippen LogP contribution >= 0.6 is 15.9 Å². The zero-order valence-electron chi connectivity index (χ0n) is 10.4. The Labute approximate surface area is 116 Å². The molecule has 0 spiro atoms. The van der Waals surface area contributed by atoms with Crippen molar-refractivity contribution in [2.45, 2.75) is 38.5 Å². The van der Waals surface area contributed by atoms with Crippen molar-refractivity contribution in [2.75, 3.05) is 0 Å². The minimum absolute atomic E-state index is 0.104. The molecule has 0 aromatic heterocycles. The highest BCUT2D eigenvalue weighted by Crippen LogP contribution is 2.13. The minimum Gasteiger partial charge on any atom is -0.372 e. The van der Waals surface area contributed by atoms with Gasteiger partial charge >= 0.3 is 0 Å². The van der Waals surface area contributed by atoms with E-state index in [1.807, 2.05) is 31.2 Å². The number of primary amides is 1. The fourth-order valence-electron chi connectivity index (χ4n) is 1.48. The fourth-order valence-corrected chi connectivity index (χ4v) is 1.74. The molecule has 5 heteroatoms. The van der Waals surface area contributed by atoms with Crippen molar-refractivity contribution in [1.82, 2.24) is 0 Å². The average Bonchev–Trinajstić information content (AvgIpc) is 2.34. The summed E-state index contributed by atoms with van der Waals surface area (Å²) in [5.41, 5.74) is 12.1. The molecule has 0 bridgehead atoms. The Bertz CT molecular complexity index is 381. The lowest BCUT2D eigenvalue weighted by molar-refractivity contribution is -0.118. The lowest BCUT2D eigenvalue weighted by Crippen LogP contribution is -2.35. The van der Waals surface area contributed by atoms with Crippen LogP contribution in [0.3, 0.4) is 0 Å². The predicted octanol–water partition coefficient (Wildman–Crippen LogP) is 1.95. The fraction of sp³-hybridized carbons (Fsp3) is 0.462. The zero-order valence-corrected chi connectivity index (χ0v) is 12.0. The highest BCUT2D eigenvalue weighted by Gasteiger charge is 2.14. The summed E-state index contributed by atoms with van der Waals surface area (Å²) in [4.78, 5) is 10.7. The van der Waals surface area contributed by atoms with Crippen molar-refractivity contribution >= 4 is 21.8 Å². The van der Waals surface area contributed by atoms with Gasteiger partial charge in [-0.15, -0.1) is 0 Å². The standard InChI is InChI=1S/C13H19BrN2O2/c1-9(12(15)6-7-13(16)17)18-8-10-2-4-11(14)5-3-10/h2-5,9,12H,6-8,15H2,1H3,(H2,16,17). The van der Waals surface area contributed by atoms with E-state index < -0.39 is 0 Å². The first-order valence-electron chi connectivity index (χ1n) is 5.89. The Kier molecular flexibility index (Phi) is 6.32. The summed E-state index contributed by atoms with van der Waals surface area (Å²) in [6.45, 7) is 2.42. The normalized spacial score (nSPS) is 14.2. The molecule has 0 saturated carbocycles. The number of hydrogen-bond donors (Lipinski definition) is 2. The molecule has 0 aliphatic heterocycles. The molecule has 1 aromatic carbocycles. The highest BCUT2D eigenvalue weighted by molar-refractivity contribution is 9.10. The van der Waals surface area contributed by atoms with Gasteiger partial charge in [0.05, 0.1) is 12.7 Å². The molecule has 2 atom stereocenters. The van der Waals surface area contributed by atoms with Crippen LogP contribution in [0.15, 0.2) is 28.7 Å². The molecule has 1 amide bonds. The van der Waals surface area contributed by atoms with E-state index in [-0.39, 0.29) is 18.1 Å². The predicted molar refractivity (Wildman–Crippen MR) is 74.8 cm³/mol. The van der Waals surface area contributed by atoms with Crippen LogP contribution in [-0.2, 0) is 16.1 Å². The molecule has 0 heterocycles. The van der Waals surface area contributed by atoms with E-state index in [0.717, 1.165) is 10.0 Å². The van der Waals surface area contributed by atoms with Crippen LogP contribution in [0.1, 0.15) is 25.3 Å². The van der Waals surface area contributed by atoms with Crippen LogP contribution in [0.25, 0.3) is 0 Å². The molecule has 1 rings (SSSR count). The van der Waals surface area contributed by atoms with Gasteiger partial charge in [-0.25, -0.2) is 0 Å². The minimum atomic E-state index is -0.328. The maximum absolute atomic E-state index is 10.7. The number of amides is 1. The topological polar surface area (TPSA) is 78.3 Å². The molecule has 0 aliphatic carbocycles. The number of rotatable bonds is 7. The van der Waals surface area contributed by atoms with E-state index >= 15 is 0 Å². The van der Waals surface area contributed by atoms with Crippen molar-refractivity contribution in [2.24, 2.45) is 11.5 Å². The third kappa shape index (κ3) is 5.62. The molecule has 0 fully saturated rings. The number of nitrogens with two attached hydrogens (primary N) is 2. The zero-order chi connectivity index (χ0) is 13.5. The quantitative estimate of drug-likeness (QED) is 0.807. The number of halogens is 1. The molecular formula is C13H19BrN2O2. The van der Waals surface area contributed by atoms with E-state index in [1.54, 1.807) is 0 Å². The van der Waals surface area contributed by atoms with E-state index in [9.17, 15) is 4.79 Å². The number of ether oxygens (including phenoxy) is 1. The Morgan fingerprint density at radius 3 is 2.56 bits per heavy atom. The molecule has 0 saturated heterocycles. The number of hydrogen-bond acceptors (Lipinski definition) is 3. The van der Waals surface area contributed by atoms with Gasteiger partial charge in [-0.05, 0) is 31.0 Å². The SMILES string of the molecule is CC(OCc1ccc(Br)cc1)C(N)CCC(N)=O. The van der Waals surface area contributed by atoms with Gasteiger partial charge in [0.2, 0.25) is 5.91 Å². The maximum atomic E-state index is 10.7. The Morgan fingerprint density at radius 2 is 2.00 bits per heavy atom. The number of carbonyl (C=O) groups excluding carboxylic acids is 1. The molecule has 4 N–H and O–H groups in total. The Morgan fingerprint density at radius 1 is 1.39 bits per heavy atom. The van der Waals surface area contributed by atoms with Crippen molar-refractivity contribution in [3.8, 4) is 0 Å². The van der Waals surface area contributed by atoms with E-state index in [0.29, 0.717) is 19.4 Å². The van der Waals surface area contributed by atoms with E-state index in [1.165, 1.54) is 0 Å². The number of benzene rings is 1. The summed E-state index contributed by atoms with van der Waals surface area (Å²) in [6.07, 6.45) is 0.747. The second-order valence-corrected chi connectivity index (χ2v) is 5.23. The molecular weight excluding hydrogens is 296 g/mol. The Balaban J connectivity index is 2.33. The van der Waals surface area contributed by atoms with Gasteiger partial charge in [0.15, 0.2) is 0 Å². The van der Waals surface area contributed by atoms with Crippen molar-refractivity contribution in [3.05, 3.63) is 34.3 Å². The second-order valence-electron chi connectivity index (χ2n) is 4.31. The summed E-state index contributed by atoms with van der Waals surface area (Å²) in [5.74, 6) is -0.328. The third-order valence-corrected chi connectivity index (χ3v) is 3.28. The van der Waals surface area contributed by atoms with Gasteiger partial charge in [0.25, 0.3) is 0 Å². The van der Waals surface area contributed by atoms with Gasteiger partial charge in [-0.3, -0.25) is 4.79 Å². The highest BCUT2D eigenvalue weighted by atomic mass is 79.9. The van der Waals surface area contributed by atoms with Gasteiger partial charge in [-0.2, -0.15) is 0 Å². The molecule has 4 nitrogen and oxygen atoms in total. The van der Waals surface area contributed by atoms with Crippen LogP contribution in [0.2, 0.25) is 0 Å². The van der Waals surface area contributed by atoms with E-state index in [4.69, 9.17) is 16.2 Å². The lowest BCUT2D eigenvalue weighted by atomic mass is 10.1. The van der Waals surface area contributed by atoms with Crippen molar-refractivity contribution < 1.29 is 9.53 Å². The maximum Gasteiger partial charge on any atom is 0.217 e. The van der Waals surface area contributed by atoms with Gasteiger partial charge in [0.1, 0.15) is 0 Å². The first kappa shape index (κ1) is 15.1. The van der Waals surface area contributed by atoms with Crippen LogP contribution in [0, 0.1) is 0 Å². The number of carbonyl (C=O) groups is 1. The summed E-state index contributed by atoms with van der Waals surface area (Å²) in [5, 5.41) is 0. The van der Waals surface area contributed by atoms with E-state index in [2.05, 4.69) is 15.9 Å². The van der Waals surface area contributed by atoms with Gasteiger partial charge < -0.3 is 16.2 Å². The van der Waals surface area contributed by atoms with Crippen molar-refractivity contribution in [3.63, 3.8) is 0 Å². The summed E-state index contributed by atoms with van der Waals surface area (Å²) >= 11 is 3.38. The van der Waals surface area contributed by atoms with Crippen LogP contribution in [-0.4, -0.2) is 18.1 Å². The van der Waals surface area contributed by atoms with Crippen LogP contribution in [0.5, 0.6) is 0 Å². The van der Waals surface area contributed by atoms with Crippen LogP contribution in [0.4, 0.5) is 0 Å². The van der Waals surface area contributed by atoms with Crippen molar-refractivity contribution in [1.29, 1.82) is 0 Å². The summed E-state index contributed by atoms with van der Waals surface area (Å²) in [7, 11) is 0. The second kappa shape index (κ2) is 7.51. The summed E-state index contributed by atoms with van der Waals surface area (Å²) in [6, 6.07) is 7.75. The third-order valence-electron chi connectivity index (χ3n) is 2.75. The monoisotopic (exact) mass is 314 g/mol. The molecule has 0 radical (unpaired) electrons. The molecule has 0 aliphatic rings. The average molecular weight is 315 g/mol. The largest absolute Gasteiger partial charge is 0.372 e. The smallest absolute Gasteiger partial charge is 0.217 e.